The van der Waals surface area contributed by atoms with Crippen molar-refractivity contribution >= 4 is 17.3 Å². The molecule has 5 nitrogen and oxygen atoms in total. The third kappa shape index (κ3) is 2.64. The minimum absolute atomic E-state index is 0.0896. The van der Waals surface area contributed by atoms with E-state index in [0.717, 1.165) is 22.3 Å². The molecule has 0 radical (unpaired) electrons. The number of Topliss-reactive ketones (excluding diaryl/α,β-unsaturated/α-hetero) is 1. The highest BCUT2D eigenvalue weighted by atomic mass is 16.5. The summed E-state index contributed by atoms with van der Waals surface area (Å²) in [6.45, 7) is 8.05. The van der Waals surface area contributed by atoms with E-state index < -0.39 is 11.5 Å². The Morgan fingerprint density at radius 1 is 1.25 bits per heavy atom. The van der Waals surface area contributed by atoms with E-state index in [2.05, 4.69) is 0 Å². The van der Waals surface area contributed by atoms with Crippen LogP contribution < -0.4 is 0 Å². The van der Waals surface area contributed by atoms with E-state index in [-0.39, 0.29) is 36.0 Å². The van der Waals surface area contributed by atoms with Crippen molar-refractivity contribution in [3.05, 3.63) is 52.3 Å². The highest BCUT2D eigenvalue weighted by molar-refractivity contribution is 6.26. The molecular formula is C23H26O5. The number of aryl methyl sites for hydroxylation is 3. The summed E-state index contributed by atoms with van der Waals surface area (Å²) in [5.41, 5.74) is 3.48. The number of ether oxygens (including phenoxy) is 2. The summed E-state index contributed by atoms with van der Waals surface area (Å²) < 4.78 is 11.2. The minimum Gasteiger partial charge on any atom is -0.511 e. The summed E-state index contributed by atoms with van der Waals surface area (Å²) in [6, 6.07) is 4.06. The first kappa shape index (κ1) is 18.9. The van der Waals surface area contributed by atoms with Crippen LogP contribution in [0.3, 0.4) is 0 Å². The first-order valence-corrected chi connectivity index (χ1v) is 9.87. The van der Waals surface area contributed by atoms with Crippen molar-refractivity contribution in [3.8, 4) is 0 Å². The van der Waals surface area contributed by atoms with Crippen LogP contribution in [0, 0.1) is 32.6 Å². The SMILES string of the molecule is CCOC(=O)CC[C@]12C=C[C@H](O1)[C@@H]1C(O)=C(c3c(C)cc(C)cc3C)C(=O)[C@@H]12. The average molecular weight is 382 g/mol. The van der Waals surface area contributed by atoms with E-state index in [9.17, 15) is 14.7 Å². The first-order valence-electron chi connectivity index (χ1n) is 9.87. The molecule has 0 spiro atoms. The van der Waals surface area contributed by atoms with Crippen molar-refractivity contribution in [1.82, 2.24) is 0 Å². The lowest BCUT2D eigenvalue weighted by Gasteiger charge is -2.29. The quantitative estimate of drug-likeness (QED) is 0.620. The Hall–Kier alpha value is -2.40. The van der Waals surface area contributed by atoms with E-state index in [4.69, 9.17) is 9.47 Å². The van der Waals surface area contributed by atoms with Crippen LogP contribution in [-0.2, 0) is 19.1 Å². The molecule has 4 atom stereocenters. The molecule has 1 saturated heterocycles. The summed E-state index contributed by atoms with van der Waals surface area (Å²) in [5.74, 6) is -1.14. The first-order chi connectivity index (χ1) is 13.3. The third-order valence-corrected chi connectivity index (χ3v) is 6.22. The highest BCUT2D eigenvalue weighted by Gasteiger charge is 2.64. The smallest absolute Gasteiger partial charge is 0.305 e. The van der Waals surface area contributed by atoms with Gasteiger partial charge in [-0.15, -0.1) is 0 Å². The average Bonchev–Trinajstić information content (AvgIpc) is 3.26. The van der Waals surface area contributed by atoms with Gasteiger partial charge in [0.15, 0.2) is 5.78 Å². The summed E-state index contributed by atoms with van der Waals surface area (Å²) in [4.78, 5) is 25.4. The minimum atomic E-state index is -0.846. The Kier molecular flexibility index (Phi) is 4.46. The van der Waals surface area contributed by atoms with E-state index in [1.54, 1.807) is 6.92 Å². The molecule has 5 heteroatoms. The zero-order chi connectivity index (χ0) is 20.2. The van der Waals surface area contributed by atoms with Crippen molar-refractivity contribution in [3.63, 3.8) is 0 Å². The molecule has 1 fully saturated rings. The standard InChI is InChI=1S/C23H26O5/c1-5-27-16(24)7-9-23-8-6-15(28-23)18-20(23)22(26)19(21(18)25)17-13(3)10-12(2)11-14(17)4/h6,8,10-11,15,18,20,25H,5,7,9H2,1-4H3/t15-,18-,20+,23-/m0/s1. The number of hydrogen-bond acceptors (Lipinski definition) is 5. The van der Waals surface area contributed by atoms with E-state index in [0.29, 0.717) is 18.6 Å². The van der Waals surface area contributed by atoms with Crippen molar-refractivity contribution < 1.29 is 24.2 Å². The molecule has 0 saturated carbocycles. The van der Waals surface area contributed by atoms with Crippen molar-refractivity contribution in [2.75, 3.05) is 6.61 Å². The topological polar surface area (TPSA) is 72.8 Å². The largest absolute Gasteiger partial charge is 0.511 e. The van der Waals surface area contributed by atoms with Crippen molar-refractivity contribution in [2.24, 2.45) is 11.8 Å². The highest BCUT2D eigenvalue weighted by Crippen LogP contribution is 2.58. The molecule has 4 rings (SSSR count). The molecule has 2 heterocycles. The van der Waals surface area contributed by atoms with Crippen LogP contribution >= 0.6 is 0 Å². The second-order valence-electron chi connectivity index (χ2n) is 8.10. The summed E-state index contributed by atoms with van der Waals surface area (Å²) in [6.07, 6.45) is 4.03. The molecule has 1 aliphatic carbocycles. The van der Waals surface area contributed by atoms with Crippen LogP contribution in [0.2, 0.25) is 0 Å². The number of fused-ring (bicyclic) bond motifs is 5. The fourth-order valence-electron chi connectivity index (χ4n) is 5.25. The number of aliphatic hydroxyl groups is 1. The van der Waals surface area contributed by atoms with Gasteiger partial charge in [-0.3, -0.25) is 9.59 Å². The lowest BCUT2D eigenvalue weighted by atomic mass is 9.73. The maximum Gasteiger partial charge on any atom is 0.305 e. The third-order valence-electron chi connectivity index (χ3n) is 6.22. The second kappa shape index (κ2) is 6.59. The zero-order valence-corrected chi connectivity index (χ0v) is 16.7. The Labute approximate surface area is 165 Å². The lowest BCUT2D eigenvalue weighted by molar-refractivity contribution is -0.145. The number of aliphatic hydroxyl groups excluding tert-OH is 1. The summed E-state index contributed by atoms with van der Waals surface area (Å²) in [5, 5.41) is 11.1. The van der Waals surface area contributed by atoms with Crippen molar-refractivity contribution in [1.29, 1.82) is 0 Å². The molecule has 1 aromatic carbocycles. The van der Waals surface area contributed by atoms with Crippen LogP contribution in [0.25, 0.3) is 5.57 Å². The van der Waals surface area contributed by atoms with Gasteiger partial charge in [0.25, 0.3) is 0 Å². The van der Waals surface area contributed by atoms with Crippen LogP contribution in [0.5, 0.6) is 0 Å². The monoisotopic (exact) mass is 382 g/mol. The maximum absolute atomic E-state index is 13.5. The Bertz CT molecular complexity index is 902. The molecule has 1 aromatic rings. The fraction of sp³-hybridized carbons (Fsp3) is 0.478. The number of carbonyl (C=O) groups is 2. The van der Waals surface area contributed by atoms with E-state index in [1.807, 2.05) is 45.1 Å². The second-order valence-corrected chi connectivity index (χ2v) is 8.10. The number of allylic oxidation sites excluding steroid dienone is 1. The molecule has 0 amide bonds. The number of benzene rings is 1. The Balaban J connectivity index is 1.70. The molecule has 0 aromatic heterocycles. The number of hydrogen-bond donors (Lipinski definition) is 1. The van der Waals surface area contributed by atoms with Crippen LogP contribution in [0.1, 0.15) is 42.0 Å². The molecule has 0 unspecified atom stereocenters. The van der Waals surface area contributed by atoms with Gasteiger partial charge >= 0.3 is 5.97 Å². The van der Waals surface area contributed by atoms with Gasteiger partial charge in [-0.05, 0) is 50.8 Å². The van der Waals surface area contributed by atoms with Gasteiger partial charge in [-0.25, -0.2) is 0 Å². The molecule has 2 aliphatic heterocycles. The van der Waals surface area contributed by atoms with Crippen LogP contribution in [0.4, 0.5) is 0 Å². The predicted molar refractivity (Wildman–Crippen MR) is 105 cm³/mol. The van der Waals surface area contributed by atoms with Gasteiger partial charge in [-0.1, -0.05) is 29.8 Å². The van der Waals surface area contributed by atoms with E-state index >= 15 is 0 Å². The number of carbonyl (C=O) groups excluding carboxylic acids is 2. The molecule has 148 valence electrons. The predicted octanol–water partition coefficient (Wildman–Crippen LogP) is 3.75. The van der Waals surface area contributed by atoms with Gasteiger partial charge in [0.05, 0.1) is 35.7 Å². The molecule has 3 aliphatic rings. The fourth-order valence-corrected chi connectivity index (χ4v) is 5.25. The van der Waals surface area contributed by atoms with E-state index in [1.165, 1.54) is 0 Å². The number of ketones is 1. The van der Waals surface area contributed by atoms with Gasteiger partial charge in [0.2, 0.25) is 0 Å². The summed E-state index contributed by atoms with van der Waals surface area (Å²) >= 11 is 0. The molecule has 2 bridgehead atoms. The lowest BCUT2D eigenvalue weighted by Crippen LogP contribution is -2.39. The van der Waals surface area contributed by atoms with Gasteiger partial charge in [0, 0.05) is 6.42 Å². The number of rotatable bonds is 5. The van der Waals surface area contributed by atoms with Crippen LogP contribution in [0.15, 0.2) is 30.0 Å². The molecular weight excluding hydrogens is 356 g/mol. The normalized spacial score (nSPS) is 30.3. The Morgan fingerprint density at radius 3 is 2.57 bits per heavy atom. The van der Waals surface area contributed by atoms with Gasteiger partial charge in [0.1, 0.15) is 5.76 Å². The summed E-state index contributed by atoms with van der Waals surface area (Å²) in [7, 11) is 0. The molecule has 1 N–H and O–H groups in total. The zero-order valence-electron chi connectivity index (χ0n) is 16.7. The van der Waals surface area contributed by atoms with Crippen LogP contribution in [-0.4, -0.2) is 35.2 Å². The van der Waals surface area contributed by atoms with Crippen molar-refractivity contribution in [2.45, 2.75) is 52.2 Å². The number of esters is 1. The van der Waals surface area contributed by atoms with Gasteiger partial charge < -0.3 is 14.6 Å². The Morgan fingerprint density at radius 2 is 1.93 bits per heavy atom. The maximum atomic E-state index is 13.5. The van der Waals surface area contributed by atoms with Gasteiger partial charge in [-0.2, -0.15) is 0 Å². The molecule has 28 heavy (non-hydrogen) atoms.